The molecule has 2 aliphatic heterocycles. The number of likely N-dealkylation sites (tertiary alicyclic amines) is 1. The van der Waals surface area contributed by atoms with E-state index in [1.165, 1.54) is 7.11 Å². The largest absolute Gasteiger partial charge is 0.482 e. The van der Waals surface area contributed by atoms with Crippen molar-refractivity contribution in [2.75, 3.05) is 38.7 Å². The summed E-state index contributed by atoms with van der Waals surface area (Å²) in [5.74, 6) is 0.0972. The van der Waals surface area contributed by atoms with Gasteiger partial charge in [0.15, 0.2) is 12.4 Å². The van der Waals surface area contributed by atoms with Gasteiger partial charge in [0, 0.05) is 11.5 Å². The number of nitrogens with zero attached hydrogens (tertiary/aromatic N) is 1. The average molecular weight is 332 g/mol. The predicted octanol–water partition coefficient (Wildman–Crippen LogP) is 1.09. The predicted molar refractivity (Wildman–Crippen MR) is 86.1 cm³/mol. The molecule has 24 heavy (non-hydrogen) atoms. The fraction of sp³-hybridized carbons (Fsp3) is 0.471. The molecule has 0 atom stereocenters. The van der Waals surface area contributed by atoms with Crippen LogP contribution in [-0.4, -0.2) is 55.9 Å². The zero-order valence-electron chi connectivity index (χ0n) is 13.5. The molecule has 1 aromatic rings. The lowest BCUT2D eigenvalue weighted by Crippen LogP contribution is -2.39. The zero-order chi connectivity index (χ0) is 17.1. The number of Topliss-reactive ketones (excluding diaryl/α,β-unsaturated/α-hetero) is 1. The Bertz CT molecular complexity index is 665. The maximum Gasteiger partial charge on any atom is 0.319 e. The van der Waals surface area contributed by atoms with Crippen LogP contribution in [0.1, 0.15) is 23.2 Å². The maximum atomic E-state index is 12.7. The molecular formula is C17H20N2O5. The van der Waals surface area contributed by atoms with E-state index in [-0.39, 0.29) is 36.7 Å². The van der Waals surface area contributed by atoms with Crippen molar-refractivity contribution in [3.63, 3.8) is 0 Å². The Balaban J connectivity index is 1.62. The van der Waals surface area contributed by atoms with Crippen LogP contribution in [0.4, 0.5) is 5.69 Å². The Kier molecular flexibility index (Phi) is 4.80. The molecule has 2 heterocycles. The number of carbonyl (C=O) groups excluding carboxylic acids is 3. The van der Waals surface area contributed by atoms with Gasteiger partial charge in [-0.05, 0) is 44.1 Å². The molecule has 1 fully saturated rings. The molecule has 2 aliphatic rings. The van der Waals surface area contributed by atoms with Crippen molar-refractivity contribution in [2.24, 2.45) is 5.92 Å². The number of ketones is 1. The molecule has 1 amide bonds. The quantitative estimate of drug-likeness (QED) is 0.656. The molecule has 1 saturated heterocycles. The van der Waals surface area contributed by atoms with E-state index in [0.717, 1.165) is 0 Å². The van der Waals surface area contributed by atoms with Crippen molar-refractivity contribution < 1.29 is 23.9 Å². The van der Waals surface area contributed by atoms with Gasteiger partial charge in [0.05, 0.1) is 19.3 Å². The number of rotatable bonds is 4. The van der Waals surface area contributed by atoms with E-state index in [0.29, 0.717) is 42.9 Å². The molecule has 0 unspecified atom stereocenters. The second kappa shape index (κ2) is 7.00. The third-order valence-corrected chi connectivity index (χ3v) is 4.44. The highest BCUT2D eigenvalue weighted by atomic mass is 16.5. The lowest BCUT2D eigenvalue weighted by atomic mass is 9.88. The SMILES string of the molecule is COC(=O)CN1CCC(C(=O)c2ccc3c(c2)NC(=O)CO3)CC1. The number of nitrogens with one attached hydrogen (secondary N) is 1. The average Bonchev–Trinajstić information content (AvgIpc) is 2.61. The second-order valence-corrected chi connectivity index (χ2v) is 6.04. The van der Waals surface area contributed by atoms with Crippen molar-refractivity contribution in [3.05, 3.63) is 23.8 Å². The van der Waals surface area contributed by atoms with Crippen LogP contribution < -0.4 is 10.1 Å². The summed E-state index contributed by atoms with van der Waals surface area (Å²) in [6.45, 7) is 1.64. The van der Waals surface area contributed by atoms with Crippen molar-refractivity contribution in [1.29, 1.82) is 0 Å². The van der Waals surface area contributed by atoms with Gasteiger partial charge in [-0.2, -0.15) is 0 Å². The third kappa shape index (κ3) is 3.56. The minimum atomic E-state index is -0.259. The van der Waals surface area contributed by atoms with Gasteiger partial charge >= 0.3 is 5.97 Å². The van der Waals surface area contributed by atoms with Gasteiger partial charge < -0.3 is 14.8 Å². The number of piperidine rings is 1. The van der Waals surface area contributed by atoms with E-state index in [1.54, 1.807) is 18.2 Å². The molecule has 0 aromatic heterocycles. The fourth-order valence-corrected chi connectivity index (χ4v) is 3.07. The first-order valence-corrected chi connectivity index (χ1v) is 7.97. The molecule has 0 aliphatic carbocycles. The first kappa shape index (κ1) is 16.4. The highest BCUT2D eigenvalue weighted by molar-refractivity contribution is 6.01. The van der Waals surface area contributed by atoms with Crippen LogP contribution in [0.3, 0.4) is 0 Å². The van der Waals surface area contributed by atoms with Gasteiger partial charge in [-0.3, -0.25) is 19.3 Å². The fourth-order valence-electron chi connectivity index (χ4n) is 3.07. The van der Waals surface area contributed by atoms with Gasteiger partial charge in [-0.1, -0.05) is 0 Å². The lowest BCUT2D eigenvalue weighted by molar-refractivity contribution is -0.142. The zero-order valence-corrected chi connectivity index (χ0v) is 13.5. The number of fused-ring (bicyclic) bond motifs is 1. The van der Waals surface area contributed by atoms with E-state index in [2.05, 4.69) is 10.1 Å². The lowest BCUT2D eigenvalue weighted by Gasteiger charge is -2.30. The highest BCUT2D eigenvalue weighted by Crippen LogP contribution is 2.30. The minimum absolute atomic E-state index is 0.00104. The molecule has 7 nitrogen and oxygen atoms in total. The second-order valence-electron chi connectivity index (χ2n) is 6.04. The summed E-state index contributed by atoms with van der Waals surface area (Å²) >= 11 is 0. The maximum absolute atomic E-state index is 12.7. The van der Waals surface area contributed by atoms with Crippen LogP contribution in [0.2, 0.25) is 0 Å². The van der Waals surface area contributed by atoms with Crippen molar-refractivity contribution >= 4 is 23.3 Å². The van der Waals surface area contributed by atoms with Crippen molar-refractivity contribution in [1.82, 2.24) is 4.90 Å². The summed E-state index contributed by atoms with van der Waals surface area (Å²) in [6.07, 6.45) is 1.41. The van der Waals surface area contributed by atoms with E-state index in [4.69, 9.17) is 4.74 Å². The third-order valence-electron chi connectivity index (χ3n) is 4.44. The summed E-state index contributed by atoms with van der Waals surface area (Å²) in [5, 5.41) is 2.72. The van der Waals surface area contributed by atoms with Crippen LogP contribution in [-0.2, 0) is 14.3 Å². The molecular weight excluding hydrogens is 312 g/mol. The highest BCUT2D eigenvalue weighted by Gasteiger charge is 2.27. The number of benzene rings is 1. The number of amides is 1. The van der Waals surface area contributed by atoms with Crippen LogP contribution in [0, 0.1) is 5.92 Å². The van der Waals surface area contributed by atoms with Gasteiger partial charge in [0.2, 0.25) is 0 Å². The molecule has 7 heteroatoms. The Morgan fingerprint density at radius 3 is 2.79 bits per heavy atom. The molecule has 1 N–H and O–H groups in total. The Hall–Kier alpha value is -2.41. The smallest absolute Gasteiger partial charge is 0.319 e. The summed E-state index contributed by atoms with van der Waals surface area (Å²) in [6, 6.07) is 5.13. The van der Waals surface area contributed by atoms with E-state index >= 15 is 0 Å². The molecule has 3 rings (SSSR count). The standard InChI is InChI=1S/C17H20N2O5/c1-23-16(21)9-19-6-4-11(5-7-19)17(22)12-2-3-14-13(8-12)18-15(20)10-24-14/h2-3,8,11H,4-7,9-10H2,1H3,(H,18,20). The first-order chi connectivity index (χ1) is 11.6. The van der Waals surface area contributed by atoms with Crippen molar-refractivity contribution in [3.8, 4) is 5.75 Å². The molecule has 0 spiro atoms. The summed E-state index contributed by atoms with van der Waals surface area (Å²) in [5.41, 5.74) is 1.12. The van der Waals surface area contributed by atoms with Crippen LogP contribution in [0.5, 0.6) is 5.75 Å². The molecule has 0 saturated carbocycles. The van der Waals surface area contributed by atoms with Crippen molar-refractivity contribution in [2.45, 2.75) is 12.8 Å². The van der Waals surface area contributed by atoms with Gasteiger partial charge in [0.1, 0.15) is 5.75 Å². The Labute approximate surface area is 139 Å². The summed E-state index contributed by atoms with van der Waals surface area (Å²) < 4.78 is 9.97. The Morgan fingerprint density at radius 2 is 2.08 bits per heavy atom. The molecule has 0 bridgehead atoms. The van der Waals surface area contributed by atoms with E-state index in [1.807, 2.05) is 4.90 Å². The number of carbonyl (C=O) groups is 3. The minimum Gasteiger partial charge on any atom is -0.482 e. The Morgan fingerprint density at radius 1 is 1.33 bits per heavy atom. The number of esters is 1. The summed E-state index contributed by atoms with van der Waals surface area (Å²) in [7, 11) is 1.37. The van der Waals surface area contributed by atoms with Crippen LogP contribution >= 0.6 is 0 Å². The molecule has 1 aromatic carbocycles. The van der Waals surface area contributed by atoms with Gasteiger partial charge in [-0.15, -0.1) is 0 Å². The molecule has 128 valence electrons. The van der Waals surface area contributed by atoms with Gasteiger partial charge in [-0.25, -0.2) is 0 Å². The van der Waals surface area contributed by atoms with Crippen LogP contribution in [0.15, 0.2) is 18.2 Å². The normalized spacial score (nSPS) is 18.3. The monoisotopic (exact) mass is 332 g/mol. The van der Waals surface area contributed by atoms with Crippen LogP contribution in [0.25, 0.3) is 0 Å². The first-order valence-electron chi connectivity index (χ1n) is 7.97. The number of ether oxygens (including phenoxy) is 2. The van der Waals surface area contributed by atoms with E-state index in [9.17, 15) is 14.4 Å². The number of hydrogen-bond acceptors (Lipinski definition) is 6. The summed E-state index contributed by atoms with van der Waals surface area (Å²) in [4.78, 5) is 37.4. The molecule has 0 radical (unpaired) electrons. The number of anilines is 1. The number of hydrogen-bond donors (Lipinski definition) is 1. The number of methoxy groups -OCH3 is 1. The van der Waals surface area contributed by atoms with E-state index < -0.39 is 0 Å². The topological polar surface area (TPSA) is 84.9 Å². The van der Waals surface area contributed by atoms with Gasteiger partial charge in [0.25, 0.3) is 5.91 Å².